The molecule has 12 aromatic carbocycles. The average molecular weight is 705 g/mol. The third-order valence-corrected chi connectivity index (χ3v) is 13.7. The summed E-state index contributed by atoms with van der Waals surface area (Å²) in [6.07, 6.45) is 0. The molecule has 0 aromatic heterocycles. The van der Waals surface area contributed by atoms with Gasteiger partial charge >= 0.3 is 0 Å². The Bertz CT molecular complexity index is 3530. The molecule has 0 N–H and O–H groups in total. The molecule has 256 valence electrons. The molecule has 0 heterocycles. The van der Waals surface area contributed by atoms with Crippen molar-refractivity contribution in [1.82, 2.24) is 0 Å². The lowest BCUT2D eigenvalue weighted by Gasteiger charge is -2.19. The second-order valence-corrected chi connectivity index (χ2v) is 16.3. The van der Waals surface area contributed by atoms with Crippen molar-refractivity contribution < 1.29 is 0 Å². The lowest BCUT2D eigenvalue weighted by molar-refractivity contribution is 1.47. The fraction of sp³-hybridized carbons (Fsp3) is 0.0357. The second-order valence-electron chi connectivity index (χ2n) is 16.3. The number of fused-ring (bicyclic) bond motifs is 13. The highest BCUT2D eigenvalue weighted by Crippen LogP contribution is 2.58. The third-order valence-electron chi connectivity index (χ3n) is 13.7. The minimum Gasteiger partial charge on any atom is -0.0620 e. The largest absolute Gasteiger partial charge is 0.0620 e. The van der Waals surface area contributed by atoms with Crippen LogP contribution in [0, 0.1) is 13.8 Å². The molecule has 2 aliphatic carbocycles. The molecule has 0 saturated carbocycles. The Labute approximate surface area is 323 Å². The molecule has 0 bridgehead atoms. The Balaban J connectivity index is 1.25. The summed E-state index contributed by atoms with van der Waals surface area (Å²) in [7, 11) is 0. The molecule has 0 saturated heterocycles. The summed E-state index contributed by atoms with van der Waals surface area (Å²) in [6, 6.07) is 60.4. The molecule has 0 amide bonds. The van der Waals surface area contributed by atoms with Crippen LogP contribution >= 0.6 is 0 Å². The van der Waals surface area contributed by atoms with E-state index in [2.05, 4.69) is 172 Å². The van der Waals surface area contributed by atoms with Gasteiger partial charge in [0.1, 0.15) is 0 Å². The first-order chi connectivity index (χ1) is 27.7. The van der Waals surface area contributed by atoms with Gasteiger partial charge in [-0.25, -0.2) is 0 Å². The fourth-order valence-electron chi connectivity index (χ4n) is 11.4. The zero-order valence-electron chi connectivity index (χ0n) is 31.0. The lowest BCUT2D eigenvalue weighted by Crippen LogP contribution is -1.92. The molecule has 2 aliphatic rings. The molecule has 14 rings (SSSR count). The quantitative estimate of drug-likeness (QED) is 0.168. The first kappa shape index (κ1) is 29.4. The lowest BCUT2D eigenvalue weighted by atomic mass is 9.83. The van der Waals surface area contributed by atoms with Crippen molar-refractivity contribution in [2.45, 2.75) is 13.8 Å². The summed E-state index contributed by atoms with van der Waals surface area (Å²) >= 11 is 0. The van der Waals surface area contributed by atoms with Crippen LogP contribution in [0.15, 0.2) is 158 Å². The minimum absolute atomic E-state index is 1.30. The molecule has 0 spiro atoms. The number of hydrogen-bond acceptors (Lipinski definition) is 0. The fourth-order valence-corrected chi connectivity index (χ4v) is 11.4. The number of rotatable bonds is 2. The number of hydrogen-bond donors (Lipinski definition) is 0. The van der Waals surface area contributed by atoms with Crippen molar-refractivity contribution in [2.24, 2.45) is 0 Å². The molecule has 0 nitrogen and oxygen atoms in total. The molecule has 0 unspecified atom stereocenters. The van der Waals surface area contributed by atoms with Crippen LogP contribution in [0.3, 0.4) is 0 Å². The Kier molecular flexibility index (Phi) is 5.23. The normalized spacial score (nSPS) is 12.8. The SMILES string of the molecule is Cc1ccccc1-c1c2cc3c(cc2c(-c2ccccc2C)c2c4ccc5c6c(ccc(c12)c64)-c1ccccc1-5)c1ccc2c4c(ccc3c41)-c1ccccc1-2. The third kappa shape index (κ3) is 3.32. The molecule has 56 heavy (non-hydrogen) atoms. The van der Waals surface area contributed by atoms with E-state index >= 15 is 0 Å². The van der Waals surface area contributed by atoms with Crippen molar-refractivity contribution >= 4 is 75.4 Å². The van der Waals surface area contributed by atoms with E-state index in [0.717, 1.165) is 0 Å². The van der Waals surface area contributed by atoms with Gasteiger partial charge in [0.2, 0.25) is 0 Å². The molecule has 0 atom stereocenters. The zero-order valence-corrected chi connectivity index (χ0v) is 31.0. The Morgan fingerprint density at radius 1 is 0.214 bits per heavy atom. The van der Waals surface area contributed by atoms with E-state index in [0.29, 0.717) is 0 Å². The van der Waals surface area contributed by atoms with Gasteiger partial charge in [-0.05, 0) is 179 Å². The summed E-state index contributed by atoms with van der Waals surface area (Å²) in [5.41, 5.74) is 18.7. The first-order valence-electron chi connectivity index (χ1n) is 19.9. The average Bonchev–Trinajstić information content (AvgIpc) is 3.95. The Morgan fingerprint density at radius 3 is 0.911 bits per heavy atom. The molecular formula is C56H32. The van der Waals surface area contributed by atoms with Crippen LogP contribution in [0.5, 0.6) is 0 Å². The number of benzene rings is 10. The van der Waals surface area contributed by atoms with Gasteiger partial charge in [-0.3, -0.25) is 0 Å². The summed E-state index contributed by atoms with van der Waals surface area (Å²) in [5, 5.41) is 19.0. The van der Waals surface area contributed by atoms with Gasteiger partial charge in [-0.2, -0.15) is 0 Å². The van der Waals surface area contributed by atoms with Gasteiger partial charge in [0.05, 0.1) is 0 Å². The smallest absolute Gasteiger partial charge is 0.000730 e. The first-order valence-corrected chi connectivity index (χ1v) is 19.9. The van der Waals surface area contributed by atoms with Crippen LogP contribution in [0.4, 0.5) is 0 Å². The van der Waals surface area contributed by atoms with Crippen molar-refractivity contribution in [3.05, 3.63) is 169 Å². The number of aryl methyl sites for hydroxylation is 2. The maximum Gasteiger partial charge on any atom is -0.000730 e. The van der Waals surface area contributed by atoms with Crippen LogP contribution in [0.25, 0.3) is 142 Å². The molecule has 0 radical (unpaired) electrons. The van der Waals surface area contributed by atoms with E-state index < -0.39 is 0 Å². The maximum absolute atomic E-state index is 2.57. The predicted octanol–water partition coefficient (Wildman–Crippen LogP) is 15.9. The van der Waals surface area contributed by atoms with E-state index in [1.165, 1.54) is 153 Å². The summed E-state index contributed by atoms with van der Waals surface area (Å²) < 4.78 is 0. The van der Waals surface area contributed by atoms with E-state index in [-0.39, 0.29) is 0 Å². The summed E-state index contributed by atoms with van der Waals surface area (Å²) in [5.74, 6) is 0. The van der Waals surface area contributed by atoms with Crippen LogP contribution in [0.2, 0.25) is 0 Å². The highest BCUT2D eigenvalue weighted by atomic mass is 14.3. The van der Waals surface area contributed by atoms with E-state index in [4.69, 9.17) is 0 Å². The molecule has 0 heteroatoms. The second kappa shape index (κ2) is 9.99. The van der Waals surface area contributed by atoms with Gasteiger partial charge in [-0.1, -0.05) is 146 Å². The zero-order chi connectivity index (χ0) is 36.6. The highest BCUT2D eigenvalue weighted by Gasteiger charge is 2.30. The van der Waals surface area contributed by atoms with E-state index in [1.54, 1.807) is 0 Å². The van der Waals surface area contributed by atoms with E-state index in [1.807, 2.05) is 0 Å². The molecule has 12 aromatic rings. The predicted molar refractivity (Wildman–Crippen MR) is 241 cm³/mol. The standard InChI is InChI=1S/C56H32/c1-29-11-3-5-13-31(29)49-47-27-45-41-21-19-37-33-15-7-8-16-34(33)38-20-22-42(53(41)51(37)38)46(45)28-48(47)50(32-14-6-4-12-30(32)2)56-44-26-24-40-36-18-10-9-17-35(36)39-23-25-43(55(49)56)54(44)52(39)40/h3-28H,1-2H3. The molecular weight excluding hydrogens is 673 g/mol. The van der Waals surface area contributed by atoms with Gasteiger partial charge in [0.15, 0.2) is 0 Å². The van der Waals surface area contributed by atoms with Crippen LogP contribution < -0.4 is 0 Å². The van der Waals surface area contributed by atoms with Crippen molar-refractivity contribution in [1.29, 1.82) is 0 Å². The molecule has 0 fully saturated rings. The van der Waals surface area contributed by atoms with Crippen LogP contribution in [0.1, 0.15) is 11.1 Å². The highest BCUT2D eigenvalue weighted by molar-refractivity contribution is 6.44. The van der Waals surface area contributed by atoms with Crippen molar-refractivity contribution in [3.63, 3.8) is 0 Å². The van der Waals surface area contributed by atoms with E-state index in [9.17, 15) is 0 Å². The Hall–Kier alpha value is -7.02. The van der Waals surface area contributed by atoms with Crippen molar-refractivity contribution in [2.75, 3.05) is 0 Å². The van der Waals surface area contributed by atoms with Gasteiger partial charge < -0.3 is 0 Å². The summed E-state index contributed by atoms with van der Waals surface area (Å²) in [6.45, 7) is 4.57. The van der Waals surface area contributed by atoms with Gasteiger partial charge in [0.25, 0.3) is 0 Å². The maximum atomic E-state index is 2.57. The summed E-state index contributed by atoms with van der Waals surface area (Å²) in [4.78, 5) is 0. The van der Waals surface area contributed by atoms with Crippen LogP contribution in [-0.4, -0.2) is 0 Å². The Morgan fingerprint density at radius 2 is 0.536 bits per heavy atom. The van der Waals surface area contributed by atoms with Crippen molar-refractivity contribution in [3.8, 4) is 66.8 Å². The topological polar surface area (TPSA) is 0 Å². The molecule has 0 aliphatic heterocycles. The monoisotopic (exact) mass is 704 g/mol. The van der Waals surface area contributed by atoms with Gasteiger partial charge in [0, 0.05) is 0 Å². The van der Waals surface area contributed by atoms with Crippen LogP contribution in [-0.2, 0) is 0 Å². The minimum atomic E-state index is 1.30. The van der Waals surface area contributed by atoms with Gasteiger partial charge in [-0.15, -0.1) is 0 Å².